The van der Waals surface area contributed by atoms with Crippen molar-refractivity contribution in [2.75, 3.05) is 0 Å². The molecule has 0 saturated heterocycles. The molecule has 1 aliphatic rings. The predicted octanol–water partition coefficient (Wildman–Crippen LogP) is 3.26. The third-order valence-electron chi connectivity index (χ3n) is 3.02. The van der Waals surface area contributed by atoms with Crippen LogP contribution < -0.4 is 5.73 Å². The molecule has 0 heterocycles. The molecule has 0 aliphatic heterocycles. The minimum Gasteiger partial charge on any atom is -0.254 e. The van der Waals surface area contributed by atoms with E-state index in [4.69, 9.17) is 5.73 Å². The average molecular weight is 168 g/mol. The van der Waals surface area contributed by atoms with Crippen LogP contribution in [0.4, 0.5) is 0 Å². The van der Waals surface area contributed by atoms with Gasteiger partial charge in [-0.3, -0.25) is 5.73 Å². The fourth-order valence-electron chi connectivity index (χ4n) is 2.11. The molecule has 71 valence electrons. The van der Waals surface area contributed by atoms with Crippen molar-refractivity contribution in [1.29, 1.82) is 0 Å². The van der Waals surface area contributed by atoms with Gasteiger partial charge in [-0.05, 0) is 37.5 Å². The quantitative estimate of drug-likeness (QED) is 0.615. The van der Waals surface area contributed by atoms with Crippen molar-refractivity contribution in [3.8, 4) is 0 Å². The van der Waals surface area contributed by atoms with Gasteiger partial charge >= 0.3 is 0 Å². The van der Waals surface area contributed by atoms with Crippen molar-refractivity contribution in [2.24, 2.45) is 11.8 Å². The van der Waals surface area contributed by atoms with Crippen LogP contribution in [0.5, 0.6) is 0 Å². The zero-order valence-corrected chi connectivity index (χ0v) is 8.47. The van der Waals surface area contributed by atoms with Crippen LogP contribution in [0.15, 0.2) is 0 Å². The first kappa shape index (κ1) is 10.0. The molecule has 0 aromatic rings. The van der Waals surface area contributed by atoms with Crippen molar-refractivity contribution in [2.45, 2.75) is 58.4 Å². The highest BCUT2D eigenvalue weighted by Gasteiger charge is 2.22. The molecule has 0 bridgehead atoms. The van der Waals surface area contributed by atoms with Crippen molar-refractivity contribution in [1.82, 2.24) is 5.73 Å². The first-order valence-electron chi connectivity index (χ1n) is 5.41. The molecule has 1 unspecified atom stereocenters. The molecular formula is C11H22N. The summed E-state index contributed by atoms with van der Waals surface area (Å²) in [5, 5.41) is 0. The Bertz CT molecular complexity index is 114. The molecule has 1 atom stereocenters. The molecule has 0 aromatic carbocycles. The van der Waals surface area contributed by atoms with E-state index in [0.29, 0.717) is 0 Å². The second-order valence-electron chi connectivity index (χ2n) is 4.62. The van der Waals surface area contributed by atoms with E-state index in [1.54, 1.807) is 0 Å². The topological polar surface area (TPSA) is 23.8 Å². The van der Waals surface area contributed by atoms with Gasteiger partial charge in [-0.15, -0.1) is 0 Å². The fourth-order valence-corrected chi connectivity index (χ4v) is 2.11. The van der Waals surface area contributed by atoms with Crippen LogP contribution in [0.1, 0.15) is 52.4 Å². The summed E-state index contributed by atoms with van der Waals surface area (Å²) in [7, 11) is 0. The Kier molecular flexibility index (Phi) is 4.07. The SMILES string of the molecule is CC(C)CCC([NH])C1CCCC1. The third-order valence-corrected chi connectivity index (χ3v) is 3.02. The summed E-state index contributed by atoms with van der Waals surface area (Å²) in [5.41, 5.74) is 7.96. The lowest BCUT2D eigenvalue weighted by Gasteiger charge is -2.18. The fraction of sp³-hybridized carbons (Fsp3) is 1.00. The van der Waals surface area contributed by atoms with E-state index < -0.39 is 0 Å². The monoisotopic (exact) mass is 168 g/mol. The zero-order valence-electron chi connectivity index (χ0n) is 8.47. The molecule has 0 amide bonds. The molecule has 1 radical (unpaired) electrons. The number of nitrogens with one attached hydrogen (secondary N) is 1. The van der Waals surface area contributed by atoms with Gasteiger partial charge < -0.3 is 0 Å². The Morgan fingerprint density at radius 2 is 1.75 bits per heavy atom. The van der Waals surface area contributed by atoms with Gasteiger partial charge in [0.05, 0.1) is 0 Å². The number of hydrogen-bond acceptors (Lipinski definition) is 0. The van der Waals surface area contributed by atoms with Crippen LogP contribution in [0.25, 0.3) is 0 Å². The van der Waals surface area contributed by atoms with Gasteiger partial charge in [0.1, 0.15) is 0 Å². The van der Waals surface area contributed by atoms with E-state index in [9.17, 15) is 0 Å². The Balaban J connectivity index is 2.13. The Hall–Kier alpha value is -0.0400. The number of rotatable bonds is 4. The summed E-state index contributed by atoms with van der Waals surface area (Å²) in [6, 6.07) is 0.245. The highest BCUT2D eigenvalue weighted by atomic mass is 14.6. The van der Waals surface area contributed by atoms with Crippen LogP contribution in [-0.4, -0.2) is 6.04 Å². The molecule has 1 heteroatoms. The third kappa shape index (κ3) is 3.14. The first-order valence-corrected chi connectivity index (χ1v) is 5.41. The van der Waals surface area contributed by atoms with Crippen molar-refractivity contribution in [3.63, 3.8) is 0 Å². The first-order chi connectivity index (χ1) is 5.70. The maximum absolute atomic E-state index is 7.96. The summed E-state index contributed by atoms with van der Waals surface area (Å²) in [6.07, 6.45) is 7.77. The number of hydrogen-bond donors (Lipinski definition) is 0. The predicted molar refractivity (Wildman–Crippen MR) is 52.9 cm³/mol. The molecule has 1 rings (SSSR count). The molecule has 0 aromatic heterocycles. The Morgan fingerprint density at radius 1 is 1.17 bits per heavy atom. The maximum atomic E-state index is 7.96. The average Bonchev–Trinajstić information content (AvgIpc) is 2.51. The summed E-state index contributed by atoms with van der Waals surface area (Å²) in [6.45, 7) is 4.50. The van der Waals surface area contributed by atoms with E-state index in [1.807, 2.05) is 0 Å². The zero-order chi connectivity index (χ0) is 8.97. The minimum absolute atomic E-state index is 0.245. The molecule has 12 heavy (non-hydrogen) atoms. The maximum Gasteiger partial charge on any atom is 0.0241 e. The van der Waals surface area contributed by atoms with Gasteiger partial charge in [0, 0.05) is 6.04 Å². The van der Waals surface area contributed by atoms with Gasteiger partial charge in [-0.25, -0.2) is 0 Å². The molecule has 1 saturated carbocycles. The second-order valence-corrected chi connectivity index (χ2v) is 4.62. The van der Waals surface area contributed by atoms with E-state index in [1.165, 1.54) is 32.1 Å². The largest absolute Gasteiger partial charge is 0.254 e. The van der Waals surface area contributed by atoms with E-state index in [-0.39, 0.29) is 6.04 Å². The highest BCUT2D eigenvalue weighted by molar-refractivity contribution is 4.77. The lowest BCUT2D eigenvalue weighted by molar-refractivity contribution is 0.371. The van der Waals surface area contributed by atoms with Crippen LogP contribution in [0, 0.1) is 11.8 Å². The van der Waals surface area contributed by atoms with E-state index in [0.717, 1.165) is 18.3 Å². The lowest BCUT2D eigenvalue weighted by atomic mass is 9.92. The van der Waals surface area contributed by atoms with Gasteiger partial charge in [0.2, 0.25) is 0 Å². The van der Waals surface area contributed by atoms with Crippen molar-refractivity contribution >= 4 is 0 Å². The molecule has 1 nitrogen and oxygen atoms in total. The Morgan fingerprint density at radius 3 is 2.25 bits per heavy atom. The molecule has 1 aliphatic carbocycles. The van der Waals surface area contributed by atoms with Gasteiger partial charge in [-0.1, -0.05) is 26.7 Å². The van der Waals surface area contributed by atoms with Crippen molar-refractivity contribution < 1.29 is 0 Å². The summed E-state index contributed by atoms with van der Waals surface area (Å²) < 4.78 is 0. The Labute approximate surface area is 76.7 Å². The minimum atomic E-state index is 0.245. The normalized spacial score (nSPS) is 22.0. The smallest absolute Gasteiger partial charge is 0.0241 e. The van der Waals surface area contributed by atoms with Crippen LogP contribution in [0.2, 0.25) is 0 Å². The summed E-state index contributed by atoms with van der Waals surface area (Å²) in [5.74, 6) is 1.52. The standard InChI is InChI=1S/C11H22N/c1-9(2)7-8-11(12)10-5-3-4-6-10/h9-12H,3-8H2,1-2H3. The van der Waals surface area contributed by atoms with E-state index in [2.05, 4.69) is 13.8 Å². The summed E-state index contributed by atoms with van der Waals surface area (Å²) in [4.78, 5) is 0. The van der Waals surface area contributed by atoms with E-state index >= 15 is 0 Å². The molecule has 1 N–H and O–H groups in total. The van der Waals surface area contributed by atoms with Gasteiger partial charge in [0.25, 0.3) is 0 Å². The highest BCUT2D eigenvalue weighted by Crippen LogP contribution is 2.29. The van der Waals surface area contributed by atoms with Crippen LogP contribution in [-0.2, 0) is 0 Å². The molecule has 0 spiro atoms. The van der Waals surface area contributed by atoms with Crippen LogP contribution >= 0.6 is 0 Å². The van der Waals surface area contributed by atoms with Gasteiger partial charge in [-0.2, -0.15) is 0 Å². The molecular weight excluding hydrogens is 146 g/mol. The van der Waals surface area contributed by atoms with Crippen molar-refractivity contribution in [3.05, 3.63) is 0 Å². The molecule has 1 fully saturated rings. The second kappa shape index (κ2) is 4.86. The lowest BCUT2D eigenvalue weighted by Crippen LogP contribution is -2.19. The van der Waals surface area contributed by atoms with Gasteiger partial charge in [0.15, 0.2) is 0 Å². The summed E-state index contributed by atoms with van der Waals surface area (Å²) >= 11 is 0. The van der Waals surface area contributed by atoms with Crippen LogP contribution in [0.3, 0.4) is 0 Å².